The molecule has 196 valence electrons. The molecule has 9 nitrogen and oxygen atoms in total. The summed E-state index contributed by atoms with van der Waals surface area (Å²) in [4.78, 5) is 19.1. The standard InChI is InChI=1S/C23H20ClF3N4O5S/c24-16-8-12(11-28-20(16)35-7-1-4-23(25,26)27)31-17-10-18-14(9-15(17)22(5-6-22)21(31)32)19(29-36-18)30-37(33,34)13-2-3-13/h8-11,13H,1-7H2,(H,29,30). The number of rotatable bonds is 8. The van der Waals surface area contributed by atoms with E-state index < -0.39 is 33.3 Å². The van der Waals surface area contributed by atoms with Gasteiger partial charge in [0.25, 0.3) is 0 Å². The Balaban J connectivity index is 1.30. The van der Waals surface area contributed by atoms with Crippen LogP contribution in [0.4, 0.5) is 30.4 Å². The van der Waals surface area contributed by atoms with Gasteiger partial charge in [0.1, 0.15) is 5.02 Å². The summed E-state index contributed by atoms with van der Waals surface area (Å²) in [6, 6.07) is 4.84. The normalized spacial score (nSPS) is 18.5. The molecule has 3 aliphatic rings. The van der Waals surface area contributed by atoms with E-state index in [1.165, 1.54) is 17.2 Å². The molecule has 2 aliphatic carbocycles. The molecule has 2 saturated carbocycles. The first-order valence-electron chi connectivity index (χ1n) is 11.6. The van der Waals surface area contributed by atoms with Crippen LogP contribution in [0.1, 0.15) is 44.1 Å². The maximum atomic E-state index is 13.5. The van der Waals surface area contributed by atoms with E-state index >= 15 is 0 Å². The maximum absolute atomic E-state index is 13.5. The zero-order valence-electron chi connectivity index (χ0n) is 19.1. The Labute approximate surface area is 213 Å². The van der Waals surface area contributed by atoms with Crippen LogP contribution in [-0.2, 0) is 20.2 Å². The lowest BCUT2D eigenvalue weighted by atomic mass is 9.96. The van der Waals surface area contributed by atoms with Crippen LogP contribution < -0.4 is 14.4 Å². The molecule has 1 spiro atoms. The van der Waals surface area contributed by atoms with Gasteiger partial charge in [-0.05, 0) is 49.8 Å². The number of halogens is 4. The van der Waals surface area contributed by atoms with Crippen LogP contribution in [0, 0.1) is 0 Å². The van der Waals surface area contributed by atoms with Crippen LogP contribution in [0.15, 0.2) is 28.9 Å². The minimum Gasteiger partial charge on any atom is -0.477 e. The van der Waals surface area contributed by atoms with Gasteiger partial charge in [-0.25, -0.2) is 13.4 Å². The average Bonchev–Trinajstić information content (AvgIpc) is 3.74. The molecule has 2 aromatic heterocycles. The molecule has 1 amide bonds. The van der Waals surface area contributed by atoms with Gasteiger partial charge in [0, 0.05) is 12.5 Å². The SMILES string of the molecule is O=C1N(c2cnc(OCCCC(F)(F)F)c(Cl)c2)c2cc3onc(NS(=O)(=O)C4CC4)c3cc2C12CC2. The lowest BCUT2D eigenvalue weighted by molar-refractivity contribution is -0.136. The highest BCUT2D eigenvalue weighted by Crippen LogP contribution is 2.60. The quantitative estimate of drug-likeness (QED) is 0.379. The van der Waals surface area contributed by atoms with Crippen molar-refractivity contribution >= 4 is 55.7 Å². The molecule has 14 heteroatoms. The molecule has 1 aromatic carbocycles. The number of sulfonamides is 1. The van der Waals surface area contributed by atoms with Crippen LogP contribution in [0.25, 0.3) is 11.0 Å². The summed E-state index contributed by atoms with van der Waals surface area (Å²) in [5.41, 5.74) is 1.18. The van der Waals surface area contributed by atoms with Crippen molar-refractivity contribution in [1.82, 2.24) is 10.1 Å². The first kappa shape index (κ1) is 24.3. The Kier molecular flexibility index (Phi) is 5.40. The van der Waals surface area contributed by atoms with Crippen LogP contribution in [0.2, 0.25) is 5.02 Å². The summed E-state index contributed by atoms with van der Waals surface area (Å²) in [5, 5.41) is 3.98. The smallest absolute Gasteiger partial charge is 0.389 e. The third-order valence-corrected chi connectivity index (χ3v) is 8.90. The van der Waals surface area contributed by atoms with Crippen molar-refractivity contribution in [2.75, 3.05) is 16.2 Å². The van der Waals surface area contributed by atoms with Gasteiger partial charge in [-0.15, -0.1) is 0 Å². The summed E-state index contributed by atoms with van der Waals surface area (Å²) in [5.74, 6) is -0.123. The van der Waals surface area contributed by atoms with Gasteiger partial charge in [0.15, 0.2) is 11.4 Å². The fourth-order valence-electron chi connectivity index (χ4n) is 4.60. The third kappa shape index (κ3) is 4.27. The number of amides is 1. The van der Waals surface area contributed by atoms with Gasteiger partial charge < -0.3 is 9.26 Å². The second-order valence-corrected chi connectivity index (χ2v) is 11.9. The largest absolute Gasteiger partial charge is 0.477 e. The number of alkyl halides is 3. The molecular weight excluding hydrogens is 537 g/mol. The number of anilines is 3. The van der Waals surface area contributed by atoms with Crippen molar-refractivity contribution < 1.29 is 35.6 Å². The molecule has 1 N–H and O–H groups in total. The van der Waals surface area contributed by atoms with Gasteiger partial charge in [0.05, 0.1) is 40.2 Å². The Morgan fingerprint density at radius 1 is 1.24 bits per heavy atom. The summed E-state index contributed by atoms with van der Waals surface area (Å²) in [6.45, 7) is -0.212. The molecule has 0 unspecified atom stereocenters. The van der Waals surface area contributed by atoms with E-state index in [9.17, 15) is 26.4 Å². The molecule has 2 fully saturated rings. The number of ether oxygens (including phenoxy) is 1. The Bertz CT molecular complexity index is 1530. The number of carbonyl (C=O) groups is 1. The van der Waals surface area contributed by atoms with E-state index in [0.717, 1.165) is 5.56 Å². The summed E-state index contributed by atoms with van der Waals surface area (Å²) in [7, 11) is -3.56. The molecule has 1 aliphatic heterocycles. The molecule has 0 radical (unpaired) electrons. The lowest BCUT2D eigenvalue weighted by Gasteiger charge is -2.19. The first-order chi connectivity index (χ1) is 17.5. The number of fused-ring (bicyclic) bond motifs is 3. The molecule has 0 atom stereocenters. The monoisotopic (exact) mass is 556 g/mol. The summed E-state index contributed by atoms with van der Waals surface area (Å²) >= 11 is 6.29. The Hall–Kier alpha value is -3.06. The van der Waals surface area contributed by atoms with E-state index in [4.69, 9.17) is 20.9 Å². The predicted octanol–water partition coefficient (Wildman–Crippen LogP) is 5.21. The topological polar surface area (TPSA) is 115 Å². The number of aromatic nitrogens is 2. The van der Waals surface area contributed by atoms with Crippen LogP contribution in [0.5, 0.6) is 5.88 Å². The summed E-state index contributed by atoms with van der Waals surface area (Å²) < 4.78 is 75.1. The van der Waals surface area contributed by atoms with E-state index in [2.05, 4.69) is 14.9 Å². The highest BCUT2D eigenvalue weighted by Gasteiger charge is 2.60. The third-order valence-electron chi connectivity index (χ3n) is 6.80. The van der Waals surface area contributed by atoms with Crippen LogP contribution in [0.3, 0.4) is 0 Å². The van der Waals surface area contributed by atoms with Gasteiger partial charge in [-0.3, -0.25) is 14.4 Å². The fourth-order valence-corrected chi connectivity index (χ4v) is 6.16. The second-order valence-electron chi connectivity index (χ2n) is 9.51. The van der Waals surface area contributed by atoms with Crippen molar-refractivity contribution in [3.63, 3.8) is 0 Å². The van der Waals surface area contributed by atoms with Gasteiger partial charge in [-0.1, -0.05) is 16.8 Å². The zero-order valence-corrected chi connectivity index (χ0v) is 20.7. The number of benzene rings is 1. The van der Waals surface area contributed by atoms with E-state index in [-0.39, 0.29) is 35.7 Å². The number of pyridine rings is 1. The van der Waals surface area contributed by atoms with Crippen LogP contribution >= 0.6 is 11.6 Å². The molecule has 6 rings (SSSR count). The second kappa shape index (κ2) is 8.22. The highest BCUT2D eigenvalue weighted by atomic mass is 35.5. The number of nitrogens with zero attached hydrogens (tertiary/aromatic N) is 3. The fraction of sp³-hybridized carbons (Fsp3) is 0.435. The molecule has 37 heavy (non-hydrogen) atoms. The van der Waals surface area contributed by atoms with Gasteiger partial charge in [0.2, 0.25) is 21.8 Å². The molecule has 0 bridgehead atoms. The predicted molar refractivity (Wildman–Crippen MR) is 128 cm³/mol. The molecule has 3 aromatic rings. The lowest BCUT2D eigenvalue weighted by Crippen LogP contribution is -2.28. The Morgan fingerprint density at radius 2 is 2.00 bits per heavy atom. The number of hydrogen-bond acceptors (Lipinski definition) is 7. The molecular formula is C23H20ClF3N4O5S. The number of carbonyl (C=O) groups excluding carboxylic acids is 1. The van der Waals surface area contributed by atoms with Crippen molar-refractivity contribution in [2.24, 2.45) is 0 Å². The molecule has 0 saturated heterocycles. The van der Waals surface area contributed by atoms with Gasteiger partial charge >= 0.3 is 6.18 Å². The van der Waals surface area contributed by atoms with E-state index in [0.29, 0.717) is 48.0 Å². The minimum atomic E-state index is -4.27. The van der Waals surface area contributed by atoms with Crippen molar-refractivity contribution in [3.05, 3.63) is 35.0 Å². The van der Waals surface area contributed by atoms with Crippen molar-refractivity contribution in [3.8, 4) is 5.88 Å². The van der Waals surface area contributed by atoms with Crippen LogP contribution in [-0.4, -0.2) is 42.5 Å². The molecule has 3 heterocycles. The highest BCUT2D eigenvalue weighted by molar-refractivity contribution is 7.93. The summed E-state index contributed by atoms with van der Waals surface area (Å²) in [6.07, 6.45) is -1.69. The Morgan fingerprint density at radius 3 is 2.65 bits per heavy atom. The first-order valence-corrected chi connectivity index (χ1v) is 13.6. The number of hydrogen-bond donors (Lipinski definition) is 1. The average molecular weight is 557 g/mol. The van der Waals surface area contributed by atoms with Gasteiger partial charge in [-0.2, -0.15) is 13.2 Å². The van der Waals surface area contributed by atoms with Crippen molar-refractivity contribution in [2.45, 2.75) is 55.4 Å². The minimum absolute atomic E-state index is 0.0288. The van der Waals surface area contributed by atoms with E-state index in [1.54, 1.807) is 12.1 Å². The van der Waals surface area contributed by atoms with Crippen molar-refractivity contribution in [1.29, 1.82) is 0 Å². The number of nitrogens with one attached hydrogen (secondary N) is 1. The zero-order chi connectivity index (χ0) is 26.2. The maximum Gasteiger partial charge on any atom is 0.389 e. The van der Waals surface area contributed by atoms with E-state index in [1.807, 2.05) is 0 Å².